The first-order valence-corrected chi connectivity index (χ1v) is 5.79. The Kier molecular flexibility index (Phi) is 3.20. The lowest BCUT2D eigenvalue weighted by molar-refractivity contribution is 1.43. The Balaban J connectivity index is 2.63. The van der Waals surface area contributed by atoms with Crippen LogP contribution in [0.25, 0.3) is 11.1 Å². The predicted octanol–water partition coefficient (Wildman–Crippen LogP) is 3.91. The number of benzene rings is 2. The van der Waals surface area contributed by atoms with E-state index in [-0.39, 0.29) is 0 Å². The summed E-state index contributed by atoms with van der Waals surface area (Å²) < 4.78 is 3.89. The molecule has 0 atom stereocenters. The molecule has 3 heteroatoms. The molecule has 0 radical (unpaired) electrons. The van der Waals surface area contributed by atoms with Crippen molar-refractivity contribution in [1.29, 1.82) is 0 Å². The van der Waals surface area contributed by atoms with Crippen LogP contribution in [-0.2, 0) is 12.4 Å². The minimum Gasteiger partial charge on any atom is -0.397 e. The molecule has 0 aromatic heterocycles. The van der Waals surface area contributed by atoms with Crippen LogP contribution in [0.4, 0.5) is 11.4 Å². The smallest absolute Gasteiger partial charge is 0.108 e. The lowest BCUT2D eigenvalue weighted by Gasteiger charge is -2.10. The van der Waals surface area contributed by atoms with E-state index < -0.39 is 0 Å². The molecule has 2 aromatic carbocycles. The third-order valence-corrected chi connectivity index (χ3v) is 3.07. The number of anilines is 1. The van der Waals surface area contributed by atoms with Crippen LogP contribution in [0.5, 0.6) is 0 Å². The van der Waals surface area contributed by atoms with Crippen LogP contribution in [0, 0.1) is 13.8 Å². The quantitative estimate of drug-likeness (QED) is 0.811. The fourth-order valence-corrected chi connectivity index (χ4v) is 1.97. The highest BCUT2D eigenvalue weighted by atomic mass is 32.1. The molecule has 0 aliphatic carbocycles. The van der Waals surface area contributed by atoms with Gasteiger partial charge in [-0.3, -0.25) is 0 Å². The van der Waals surface area contributed by atoms with Crippen LogP contribution in [-0.4, -0.2) is 0 Å². The number of hydrogen-bond acceptors (Lipinski definition) is 3. The van der Waals surface area contributed by atoms with Gasteiger partial charge in [0.25, 0.3) is 0 Å². The highest BCUT2D eigenvalue weighted by Crippen LogP contribution is 2.36. The van der Waals surface area contributed by atoms with Gasteiger partial charge in [-0.25, -0.2) is 0 Å². The molecule has 0 aliphatic heterocycles. The Bertz CT molecular complexity index is 559. The van der Waals surface area contributed by atoms with Gasteiger partial charge in [-0.15, -0.1) is 0 Å². The zero-order valence-corrected chi connectivity index (χ0v) is 10.7. The van der Waals surface area contributed by atoms with Crippen LogP contribution in [0.2, 0.25) is 0 Å². The van der Waals surface area contributed by atoms with Crippen LogP contribution in [0.1, 0.15) is 11.1 Å². The summed E-state index contributed by atoms with van der Waals surface area (Å²) >= 11 is 4.82. The summed E-state index contributed by atoms with van der Waals surface area (Å²) in [6, 6.07) is 12.3. The Morgan fingerprint density at radius 3 is 2.24 bits per heavy atom. The predicted molar refractivity (Wildman–Crippen MR) is 75.2 cm³/mol. The summed E-state index contributed by atoms with van der Waals surface area (Å²) in [4.78, 5) is 0. The van der Waals surface area contributed by atoms with E-state index in [0.29, 0.717) is 11.4 Å². The highest BCUT2D eigenvalue weighted by molar-refractivity contribution is 7.47. The average molecular weight is 242 g/mol. The monoisotopic (exact) mass is 242 g/mol. The van der Waals surface area contributed by atoms with Gasteiger partial charge in [-0.2, -0.15) is 4.36 Å². The van der Waals surface area contributed by atoms with E-state index in [1.807, 2.05) is 19.1 Å². The molecule has 0 amide bonds. The SMILES string of the molecule is Cc1ccc(-c2ccc(C)c(N)c2N=S)cc1. The summed E-state index contributed by atoms with van der Waals surface area (Å²) in [5.41, 5.74) is 11.7. The van der Waals surface area contributed by atoms with Crippen molar-refractivity contribution in [3.8, 4) is 11.1 Å². The average Bonchev–Trinajstić information content (AvgIpc) is 2.34. The van der Waals surface area contributed by atoms with E-state index in [1.165, 1.54) is 5.56 Å². The van der Waals surface area contributed by atoms with Gasteiger partial charge in [0.15, 0.2) is 0 Å². The summed E-state index contributed by atoms with van der Waals surface area (Å²) in [6.07, 6.45) is 0. The van der Waals surface area contributed by atoms with Gasteiger partial charge < -0.3 is 5.73 Å². The molecule has 0 saturated carbocycles. The van der Waals surface area contributed by atoms with Gasteiger partial charge in [0, 0.05) is 18.0 Å². The molecule has 0 heterocycles. The van der Waals surface area contributed by atoms with Crippen molar-refractivity contribution in [1.82, 2.24) is 0 Å². The summed E-state index contributed by atoms with van der Waals surface area (Å²) in [5.74, 6) is 0. The van der Waals surface area contributed by atoms with Gasteiger partial charge >= 0.3 is 0 Å². The number of nitrogens with zero attached hydrogens (tertiary/aromatic N) is 1. The maximum absolute atomic E-state index is 6.00. The molecule has 0 unspecified atom stereocenters. The van der Waals surface area contributed by atoms with E-state index in [4.69, 9.17) is 18.2 Å². The molecule has 0 fully saturated rings. The molecular weight excluding hydrogens is 228 g/mol. The van der Waals surface area contributed by atoms with Crippen LogP contribution in [0.3, 0.4) is 0 Å². The number of nitrogens with two attached hydrogens (primary N) is 1. The second kappa shape index (κ2) is 4.63. The molecule has 0 bridgehead atoms. The zero-order valence-electron chi connectivity index (χ0n) is 9.90. The van der Waals surface area contributed by atoms with E-state index in [2.05, 4.69) is 35.6 Å². The van der Waals surface area contributed by atoms with E-state index in [1.54, 1.807) is 0 Å². The minimum absolute atomic E-state index is 0.665. The molecule has 17 heavy (non-hydrogen) atoms. The summed E-state index contributed by atoms with van der Waals surface area (Å²) in [5, 5.41) is 0. The van der Waals surface area contributed by atoms with Gasteiger partial charge in [0.2, 0.25) is 0 Å². The van der Waals surface area contributed by atoms with Crippen molar-refractivity contribution in [2.75, 3.05) is 5.73 Å². The molecule has 2 aromatic rings. The first-order valence-electron chi connectivity index (χ1n) is 5.43. The molecular formula is C14H14N2S. The number of rotatable bonds is 2. The van der Waals surface area contributed by atoms with Crippen molar-refractivity contribution >= 4 is 23.8 Å². The molecule has 2 N–H and O–H groups in total. The molecule has 0 aliphatic rings. The van der Waals surface area contributed by atoms with Gasteiger partial charge in [0.05, 0.1) is 5.69 Å². The fourth-order valence-electron chi connectivity index (χ4n) is 1.77. The largest absolute Gasteiger partial charge is 0.397 e. The molecule has 0 spiro atoms. The normalized spacial score (nSPS) is 10.2. The molecule has 2 nitrogen and oxygen atoms in total. The second-order valence-electron chi connectivity index (χ2n) is 4.15. The van der Waals surface area contributed by atoms with E-state index in [9.17, 15) is 0 Å². The fraction of sp³-hybridized carbons (Fsp3) is 0.143. The highest BCUT2D eigenvalue weighted by Gasteiger charge is 2.09. The standard InChI is InChI=1S/C14H14N2S/c1-9-3-6-11(7-4-9)12-8-5-10(2)13(15)14(12)16-17/h3-8H,15H2,1-2H3. The maximum atomic E-state index is 6.00. The molecule has 0 saturated heterocycles. The summed E-state index contributed by atoms with van der Waals surface area (Å²) in [6.45, 7) is 4.02. The van der Waals surface area contributed by atoms with Gasteiger partial charge in [-0.05, 0) is 25.0 Å². The third kappa shape index (κ3) is 2.19. The van der Waals surface area contributed by atoms with Crippen LogP contribution in [0.15, 0.2) is 40.8 Å². The van der Waals surface area contributed by atoms with E-state index in [0.717, 1.165) is 16.7 Å². The maximum Gasteiger partial charge on any atom is 0.108 e. The Morgan fingerprint density at radius 2 is 1.65 bits per heavy atom. The zero-order chi connectivity index (χ0) is 12.4. The van der Waals surface area contributed by atoms with Crippen molar-refractivity contribution in [3.05, 3.63) is 47.5 Å². The van der Waals surface area contributed by atoms with E-state index >= 15 is 0 Å². The van der Waals surface area contributed by atoms with Crippen LogP contribution >= 0.6 is 0 Å². The third-order valence-electron chi connectivity index (χ3n) is 2.89. The Labute approximate surface area is 107 Å². The Hall–Kier alpha value is -1.74. The minimum atomic E-state index is 0.665. The first kappa shape index (κ1) is 11.7. The van der Waals surface area contributed by atoms with Crippen molar-refractivity contribution in [3.63, 3.8) is 0 Å². The number of hydrogen-bond donors (Lipinski definition) is 1. The van der Waals surface area contributed by atoms with Crippen molar-refractivity contribution in [2.45, 2.75) is 13.8 Å². The molecule has 2 rings (SSSR count). The van der Waals surface area contributed by atoms with Gasteiger partial charge in [-0.1, -0.05) is 42.0 Å². The lowest BCUT2D eigenvalue weighted by atomic mass is 9.99. The van der Waals surface area contributed by atoms with Crippen molar-refractivity contribution in [2.24, 2.45) is 4.36 Å². The van der Waals surface area contributed by atoms with Crippen LogP contribution < -0.4 is 5.73 Å². The van der Waals surface area contributed by atoms with Gasteiger partial charge in [0.1, 0.15) is 5.69 Å². The molecule has 86 valence electrons. The van der Waals surface area contributed by atoms with Crippen molar-refractivity contribution < 1.29 is 0 Å². The Morgan fingerprint density at radius 1 is 1.00 bits per heavy atom. The topological polar surface area (TPSA) is 38.4 Å². The lowest BCUT2D eigenvalue weighted by Crippen LogP contribution is -1.92. The number of nitrogen functional groups attached to an aromatic ring is 1. The first-order chi connectivity index (χ1) is 8.13. The summed E-state index contributed by atoms with van der Waals surface area (Å²) in [7, 11) is 0. The number of aryl methyl sites for hydroxylation is 2. The second-order valence-corrected chi connectivity index (χ2v) is 4.33.